The van der Waals surface area contributed by atoms with Crippen LogP contribution in [-0.2, 0) is 20.9 Å². The average molecular weight is 520 g/mol. The van der Waals surface area contributed by atoms with Gasteiger partial charge in [-0.25, -0.2) is 4.79 Å². The Balaban J connectivity index is 1.62. The van der Waals surface area contributed by atoms with E-state index < -0.39 is 11.9 Å². The van der Waals surface area contributed by atoms with Crippen molar-refractivity contribution in [3.05, 3.63) is 76.9 Å². The number of nitrogens with zero attached hydrogens (tertiary/aromatic N) is 3. The highest BCUT2D eigenvalue weighted by molar-refractivity contribution is 6.36. The van der Waals surface area contributed by atoms with E-state index in [9.17, 15) is 14.9 Å². The molecule has 188 valence electrons. The third-order valence-corrected chi connectivity index (χ3v) is 5.72. The molecular formula is C26H22ClN5O5. The van der Waals surface area contributed by atoms with E-state index in [0.29, 0.717) is 33.8 Å². The molecule has 4 rings (SSSR count). The molecule has 10 nitrogen and oxygen atoms in total. The van der Waals surface area contributed by atoms with Gasteiger partial charge in [0.15, 0.2) is 0 Å². The van der Waals surface area contributed by atoms with Crippen molar-refractivity contribution in [1.29, 1.82) is 5.26 Å². The zero-order valence-electron chi connectivity index (χ0n) is 19.7. The van der Waals surface area contributed by atoms with E-state index in [0.717, 1.165) is 5.69 Å². The number of fused-ring (bicyclic) bond motifs is 1. The summed E-state index contributed by atoms with van der Waals surface area (Å²) >= 11 is 6.48. The number of nitrogens with one attached hydrogen (secondary N) is 2. The first kappa shape index (κ1) is 25.5. The van der Waals surface area contributed by atoms with Gasteiger partial charge >= 0.3 is 11.9 Å². The van der Waals surface area contributed by atoms with Crippen LogP contribution in [0.3, 0.4) is 0 Å². The maximum absolute atomic E-state index is 11.8. The highest BCUT2D eigenvalue weighted by atomic mass is 35.5. The van der Waals surface area contributed by atoms with Gasteiger partial charge in [-0.2, -0.15) is 5.26 Å². The minimum atomic E-state index is -1.64. The van der Waals surface area contributed by atoms with Crippen molar-refractivity contribution in [2.75, 3.05) is 17.2 Å². The summed E-state index contributed by atoms with van der Waals surface area (Å²) in [5.74, 6) is -2.07. The molecule has 37 heavy (non-hydrogen) atoms. The zero-order valence-corrected chi connectivity index (χ0v) is 20.5. The molecule has 3 N–H and O–H groups in total. The molecule has 11 heteroatoms. The van der Waals surface area contributed by atoms with E-state index in [4.69, 9.17) is 26.2 Å². The Kier molecular flexibility index (Phi) is 7.86. The Morgan fingerprint density at radius 1 is 1.27 bits per heavy atom. The van der Waals surface area contributed by atoms with Crippen LogP contribution in [0.1, 0.15) is 24.6 Å². The lowest BCUT2D eigenvalue weighted by Crippen LogP contribution is -2.22. The number of carbonyl (C=O) groups is 2. The summed E-state index contributed by atoms with van der Waals surface area (Å²) in [6.45, 7) is 2.31. The van der Waals surface area contributed by atoms with Gasteiger partial charge in [0.2, 0.25) is 0 Å². The highest BCUT2D eigenvalue weighted by Gasteiger charge is 2.21. The summed E-state index contributed by atoms with van der Waals surface area (Å²) in [5, 5.41) is 25.3. The number of carbonyl (C=O) groups excluding carboxylic acids is 1. The number of benzene rings is 1. The lowest BCUT2D eigenvalue weighted by atomic mass is 10.0. The minimum Gasteiger partial charge on any atom is -0.492 e. The molecule has 1 aromatic carbocycles. The zero-order chi connectivity index (χ0) is 26.4. The third kappa shape index (κ3) is 5.97. The van der Waals surface area contributed by atoms with Crippen LogP contribution < -0.4 is 15.4 Å². The van der Waals surface area contributed by atoms with Crippen LogP contribution in [-0.4, -0.2) is 39.6 Å². The second kappa shape index (κ2) is 11.4. The summed E-state index contributed by atoms with van der Waals surface area (Å²) in [7, 11) is 0. The molecule has 0 bridgehead atoms. The van der Waals surface area contributed by atoms with Gasteiger partial charge in [-0.05, 0) is 43.7 Å². The normalized spacial score (nSPS) is 14.7. The van der Waals surface area contributed by atoms with Crippen molar-refractivity contribution in [2.45, 2.75) is 26.0 Å². The van der Waals surface area contributed by atoms with Gasteiger partial charge in [0.05, 0.1) is 39.8 Å². The highest BCUT2D eigenvalue weighted by Crippen LogP contribution is 2.36. The molecule has 0 spiro atoms. The maximum Gasteiger partial charge on any atom is 0.394 e. The second-order valence-electron chi connectivity index (χ2n) is 7.90. The summed E-state index contributed by atoms with van der Waals surface area (Å²) in [6, 6.07) is 10.5. The van der Waals surface area contributed by atoms with Crippen molar-refractivity contribution < 1.29 is 24.2 Å². The number of aliphatic carboxylic acids is 1. The number of ether oxygens (including phenoxy) is 2. The molecule has 1 aliphatic carbocycles. The van der Waals surface area contributed by atoms with E-state index in [-0.39, 0.29) is 36.3 Å². The fourth-order valence-electron chi connectivity index (χ4n) is 3.72. The SMILES string of the molecule is CCOc1cc2ncc(C#N)c(NC3C=C(Cl)C(OCc4ccccn4)=CC3)c2cc1NC(=O)C(=O)O. The molecule has 0 radical (unpaired) electrons. The van der Waals surface area contributed by atoms with E-state index in [1.807, 2.05) is 24.3 Å². The summed E-state index contributed by atoms with van der Waals surface area (Å²) in [4.78, 5) is 31.5. The van der Waals surface area contributed by atoms with Crippen LogP contribution in [0.2, 0.25) is 0 Å². The number of hydrogen-bond donors (Lipinski definition) is 3. The summed E-state index contributed by atoms with van der Waals surface area (Å²) < 4.78 is 11.4. The first-order chi connectivity index (χ1) is 17.9. The lowest BCUT2D eigenvalue weighted by molar-refractivity contribution is -0.147. The average Bonchev–Trinajstić information content (AvgIpc) is 2.89. The lowest BCUT2D eigenvalue weighted by Gasteiger charge is -2.23. The number of carboxylic acid groups (broad SMARTS) is 1. The van der Waals surface area contributed by atoms with Gasteiger partial charge in [-0.3, -0.25) is 14.8 Å². The standard InChI is InChI=1S/C26H22ClN5O5/c1-2-36-23-11-20-18(10-21(23)32-25(33)26(34)35)24(15(12-28)13-30-20)31-16-6-7-22(19(27)9-16)37-14-17-5-3-4-8-29-17/h3-5,7-11,13,16H,2,6,14H2,1H3,(H,30,31)(H,32,33)(H,34,35). The smallest absolute Gasteiger partial charge is 0.394 e. The molecule has 0 aliphatic heterocycles. The number of anilines is 2. The van der Waals surface area contributed by atoms with E-state index in [2.05, 4.69) is 26.7 Å². The van der Waals surface area contributed by atoms with Crippen LogP contribution in [0.15, 0.2) is 65.7 Å². The van der Waals surface area contributed by atoms with Crippen LogP contribution >= 0.6 is 11.6 Å². The van der Waals surface area contributed by atoms with Gasteiger partial charge in [-0.15, -0.1) is 0 Å². The van der Waals surface area contributed by atoms with Crippen molar-refractivity contribution in [3.63, 3.8) is 0 Å². The monoisotopic (exact) mass is 519 g/mol. The molecular weight excluding hydrogens is 498 g/mol. The van der Waals surface area contributed by atoms with Crippen molar-refractivity contribution >= 4 is 45.8 Å². The van der Waals surface area contributed by atoms with E-state index >= 15 is 0 Å². The number of aromatic nitrogens is 2. The summed E-state index contributed by atoms with van der Waals surface area (Å²) in [5.41, 5.74) is 2.12. The number of allylic oxidation sites excluding steroid dienone is 1. The fraction of sp³-hybridized carbons (Fsp3) is 0.192. The Morgan fingerprint density at radius 2 is 2.11 bits per heavy atom. The number of carboxylic acids is 1. The third-order valence-electron chi connectivity index (χ3n) is 5.40. The van der Waals surface area contributed by atoms with Crippen LogP contribution in [0.25, 0.3) is 10.9 Å². The van der Waals surface area contributed by atoms with Crippen LogP contribution in [0, 0.1) is 11.3 Å². The number of rotatable bonds is 8. The molecule has 1 aliphatic rings. The number of pyridine rings is 2. The molecule has 1 unspecified atom stereocenters. The molecule has 2 heterocycles. The molecule has 0 fully saturated rings. The van der Waals surface area contributed by atoms with Crippen LogP contribution in [0.5, 0.6) is 5.75 Å². The van der Waals surface area contributed by atoms with Crippen molar-refractivity contribution in [2.24, 2.45) is 0 Å². The van der Waals surface area contributed by atoms with E-state index in [1.54, 1.807) is 25.3 Å². The van der Waals surface area contributed by atoms with Crippen molar-refractivity contribution in [1.82, 2.24) is 9.97 Å². The molecule has 2 aromatic heterocycles. The first-order valence-corrected chi connectivity index (χ1v) is 11.7. The Morgan fingerprint density at radius 3 is 2.78 bits per heavy atom. The molecule has 3 aromatic rings. The van der Waals surface area contributed by atoms with Gasteiger partial charge in [0.25, 0.3) is 0 Å². The first-order valence-electron chi connectivity index (χ1n) is 11.3. The maximum atomic E-state index is 11.8. The van der Waals surface area contributed by atoms with Gasteiger partial charge in [0.1, 0.15) is 24.2 Å². The molecule has 0 saturated carbocycles. The number of amides is 1. The van der Waals surface area contributed by atoms with Crippen molar-refractivity contribution in [3.8, 4) is 11.8 Å². The molecule has 1 atom stereocenters. The Hall–Kier alpha value is -4.62. The molecule has 1 amide bonds. The topological polar surface area (TPSA) is 146 Å². The quantitative estimate of drug-likeness (QED) is 0.370. The molecule has 0 saturated heterocycles. The van der Waals surface area contributed by atoms with Crippen LogP contribution in [0.4, 0.5) is 11.4 Å². The Bertz CT molecular complexity index is 1450. The Labute approximate surface area is 217 Å². The van der Waals surface area contributed by atoms with Gasteiger partial charge in [-0.1, -0.05) is 17.7 Å². The van der Waals surface area contributed by atoms with Gasteiger partial charge < -0.3 is 25.2 Å². The largest absolute Gasteiger partial charge is 0.492 e. The number of hydrogen-bond acceptors (Lipinski definition) is 8. The van der Waals surface area contributed by atoms with Gasteiger partial charge in [0, 0.05) is 29.9 Å². The number of halogens is 1. The predicted molar refractivity (Wildman–Crippen MR) is 137 cm³/mol. The minimum absolute atomic E-state index is 0.143. The predicted octanol–water partition coefficient (Wildman–Crippen LogP) is 4.33. The number of nitriles is 1. The van der Waals surface area contributed by atoms with E-state index in [1.165, 1.54) is 12.3 Å². The summed E-state index contributed by atoms with van der Waals surface area (Å²) in [6.07, 6.45) is 7.27. The fourth-order valence-corrected chi connectivity index (χ4v) is 4.00. The second-order valence-corrected chi connectivity index (χ2v) is 8.30.